The molecule has 0 spiro atoms. The average Bonchev–Trinajstić information content (AvgIpc) is 2.31. The fourth-order valence-corrected chi connectivity index (χ4v) is 2.44. The fraction of sp³-hybridized carbons (Fsp3) is 0.231. The Bertz CT molecular complexity index is 551. The Morgan fingerprint density at radius 3 is 2.81 bits per heavy atom. The van der Waals surface area contributed by atoms with Crippen molar-refractivity contribution < 1.29 is 9.84 Å². The van der Waals surface area contributed by atoms with Gasteiger partial charge in [0.05, 0.1) is 12.7 Å². The van der Waals surface area contributed by atoms with Crippen molar-refractivity contribution >= 4 is 22.4 Å². The normalized spacial score (nSPS) is 19.2. The first-order chi connectivity index (χ1) is 7.77. The molecular weight excluding hydrogens is 224 g/mol. The van der Waals surface area contributed by atoms with Crippen molar-refractivity contribution in [1.82, 2.24) is 0 Å². The lowest BCUT2D eigenvalue weighted by atomic mass is 9.98. The third-order valence-electron chi connectivity index (χ3n) is 2.97. The van der Waals surface area contributed by atoms with Gasteiger partial charge in [0.25, 0.3) is 0 Å². The molecule has 3 rings (SSSR count). The fourth-order valence-electron chi connectivity index (χ4n) is 2.16. The first-order valence-corrected chi connectivity index (χ1v) is 5.67. The second-order valence-corrected chi connectivity index (χ2v) is 4.38. The molecule has 2 aromatic rings. The van der Waals surface area contributed by atoms with Crippen LogP contribution in [0.15, 0.2) is 30.3 Å². The summed E-state index contributed by atoms with van der Waals surface area (Å²) in [5, 5.41) is 12.5. The van der Waals surface area contributed by atoms with Crippen molar-refractivity contribution in [2.75, 3.05) is 6.61 Å². The SMILES string of the molecule is O[C@@H]1CCOc2c1cc(Cl)c1ccccc21. The van der Waals surface area contributed by atoms with Gasteiger partial charge in [0.2, 0.25) is 0 Å². The number of rotatable bonds is 0. The molecule has 82 valence electrons. The maximum atomic E-state index is 9.91. The van der Waals surface area contributed by atoms with E-state index in [0.717, 1.165) is 22.1 Å². The summed E-state index contributed by atoms with van der Waals surface area (Å²) < 4.78 is 5.64. The molecule has 0 bridgehead atoms. The molecule has 1 heterocycles. The number of ether oxygens (including phenoxy) is 1. The summed E-state index contributed by atoms with van der Waals surface area (Å²) in [6.07, 6.45) is 0.160. The number of hydrogen-bond acceptors (Lipinski definition) is 2. The van der Waals surface area contributed by atoms with Gasteiger partial charge in [-0.3, -0.25) is 0 Å². The van der Waals surface area contributed by atoms with Gasteiger partial charge in [0.15, 0.2) is 0 Å². The minimum absolute atomic E-state index is 0.467. The number of benzene rings is 2. The molecule has 1 aliphatic rings. The topological polar surface area (TPSA) is 29.5 Å². The van der Waals surface area contributed by atoms with Gasteiger partial charge in [-0.05, 0) is 6.07 Å². The number of fused-ring (bicyclic) bond motifs is 3. The van der Waals surface area contributed by atoms with Crippen molar-refractivity contribution in [1.29, 1.82) is 0 Å². The molecule has 3 heteroatoms. The van der Waals surface area contributed by atoms with Gasteiger partial charge in [0, 0.05) is 27.8 Å². The molecule has 16 heavy (non-hydrogen) atoms. The van der Waals surface area contributed by atoms with Crippen LogP contribution in [0.2, 0.25) is 5.02 Å². The van der Waals surface area contributed by atoms with Crippen molar-refractivity contribution in [3.63, 3.8) is 0 Å². The molecule has 0 radical (unpaired) electrons. The summed E-state index contributed by atoms with van der Waals surface area (Å²) in [4.78, 5) is 0. The zero-order valence-corrected chi connectivity index (χ0v) is 9.37. The van der Waals surface area contributed by atoms with E-state index in [1.807, 2.05) is 30.3 Å². The Morgan fingerprint density at radius 1 is 1.25 bits per heavy atom. The lowest BCUT2D eigenvalue weighted by Crippen LogP contribution is -2.14. The standard InChI is InChI=1S/C13H11ClO2/c14-11-7-10-12(15)5-6-16-13(10)9-4-2-1-3-8(9)11/h1-4,7,12,15H,5-6H2/t12-/m1/s1. The largest absolute Gasteiger partial charge is 0.492 e. The van der Waals surface area contributed by atoms with Gasteiger partial charge in [0.1, 0.15) is 5.75 Å². The van der Waals surface area contributed by atoms with Crippen LogP contribution in [0.4, 0.5) is 0 Å². The number of aliphatic hydroxyl groups is 1. The molecule has 0 amide bonds. The minimum Gasteiger partial charge on any atom is -0.492 e. The van der Waals surface area contributed by atoms with Crippen molar-refractivity contribution in [3.05, 3.63) is 40.9 Å². The number of hydrogen-bond donors (Lipinski definition) is 1. The Balaban J connectivity index is 2.38. The van der Waals surface area contributed by atoms with Crippen LogP contribution in [-0.4, -0.2) is 11.7 Å². The van der Waals surface area contributed by atoms with E-state index in [4.69, 9.17) is 16.3 Å². The maximum Gasteiger partial charge on any atom is 0.133 e. The Labute approximate surface area is 98.4 Å². The van der Waals surface area contributed by atoms with Gasteiger partial charge >= 0.3 is 0 Å². The van der Waals surface area contributed by atoms with Crippen LogP contribution in [0, 0.1) is 0 Å². The van der Waals surface area contributed by atoms with E-state index in [-0.39, 0.29) is 0 Å². The van der Waals surface area contributed by atoms with Crippen LogP contribution < -0.4 is 4.74 Å². The maximum absolute atomic E-state index is 9.91. The highest BCUT2D eigenvalue weighted by molar-refractivity contribution is 6.36. The van der Waals surface area contributed by atoms with Crippen LogP contribution in [0.1, 0.15) is 18.1 Å². The van der Waals surface area contributed by atoms with E-state index >= 15 is 0 Å². The quantitative estimate of drug-likeness (QED) is 0.758. The molecule has 2 aromatic carbocycles. The van der Waals surface area contributed by atoms with Gasteiger partial charge in [-0.2, -0.15) is 0 Å². The first-order valence-electron chi connectivity index (χ1n) is 5.29. The number of aliphatic hydroxyl groups excluding tert-OH is 1. The van der Waals surface area contributed by atoms with Crippen LogP contribution >= 0.6 is 11.6 Å². The predicted octanol–water partition coefficient (Wildman–Crippen LogP) is 3.31. The van der Waals surface area contributed by atoms with Gasteiger partial charge in [-0.1, -0.05) is 35.9 Å². The smallest absolute Gasteiger partial charge is 0.133 e. The van der Waals surface area contributed by atoms with E-state index < -0.39 is 6.10 Å². The highest BCUT2D eigenvalue weighted by atomic mass is 35.5. The highest BCUT2D eigenvalue weighted by Crippen LogP contribution is 2.41. The monoisotopic (exact) mass is 234 g/mol. The summed E-state index contributed by atoms with van der Waals surface area (Å²) in [6.45, 7) is 0.555. The summed E-state index contributed by atoms with van der Waals surface area (Å²) >= 11 is 6.19. The van der Waals surface area contributed by atoms with E-state index in [1.54, 1.807) is 0 Å². The van der Waals surface area contributed by atoms with Gasteiger partial charge in [-0.15, -0.1) is 0 Å². The predicted molar refractivity (Wildman–Crippen MR) is 64.0 cm³/mol. The lowest BCUT2D eigenvalue weighted by Gasteiger charge is -2.24. The zero-order chi connectivity index (χ0) is 11.1. The molecular formula is C13H11ClO2. The molecule has 0 saturated heterocycles. The van der Waals surface area contributed by atoms with E-state index in [9.17, 15) is 5.11 Å². The Hall–Kier alpha value is -1.25. The second-order valence-electron chi connectivity index (χ2n) is 3.98. The minimum atomic E-state index is -0.467. The van der Waals surface area contributed by atoms with Gasteiger partial charge < -0.3 is 9.84 Å². The molecule has 0 saturated carbocycles. The molecule has 2 nitrogen and oxygen atoms in total. The molecule has 0 aliphatic carbocycles. The molecule has 0 aromatic heterocycles. The summed E-state index contributed by atoms with van der Waals surface area (Å²) in [5.41, 5.74) is 0.801. The van der Waals surface area contributed by atoms with Crippen molar-refractivity contribution in [2.24, 2.45) is 0 Å². The molecule has 1 aliphatic heterocycles. The first kappa shape index (κ1) is 9.94. The Kier molecular flexibility index (Phi) is 2.27. The second kappa shape index (κ2) is 3.65. The molecule has 0 unspecified atom stereocenters. The molecule has 1 atom stereocenters. The summed E-state index contributed by atoms with van der Waals surface area (Å²) in [6, 6.07) is 9.63. The Morgan fingerprint density at radius 2 is 2.00 bits per heavy atom. The third-order valence-corrected chi connectivity index (χ3v) is 3.28. The van der Waals surface area contributed by atoms with E-state index in [1.165, 1.54) is 0 Å². The van der Waals surface area contributed by atoms with Gasteiger partial charge in [-0.25, -0.2) is 0 Å². The third kappa shape index (κ3) is 1.38. The van der Waals surface area contributed by atoms with Crippen molar-refractivity contribution in [3.8, 4) is 5.75 Å². The van der Waals surface area contributed by atoms with Crippen LogP contribution in [0.5, 0.6) is 5.75 Å². The van der Waals surface area contributed by atoms with Crippen molar-refractivity contribution in [2.45, 2.75) is 12.5 Å². The van der Waals surface area contributed by atoms with E-state index in [0.29, 0.717) is 18.1 Å². The van der Waals surface area contributed by atoms with Crippen LogP contribution in [0.25, 0.3) is 10.8 Å². The lowest BCUT2D eigenvalue weighted by molar-refractivity contribution is 0.116. The summed E-state index contributed by atoms with van der Waals surface area (Å²) in [5.74, 6) is 0.777. The van der Waals surface area contributed by atoms with E-state index in [2.05, 4.69) is 0 Å². The van der Waals surface area contributed by atoms with Crippen LogP contribution in [-0.2, 0) is 0 Å². The number of halogens is 1. The molecule has 1 N–H and O–H groups in total. The molecule has 0 fully saturated rings. The zero-order valence-electron chi connectivity index (χ0n) is 8.61. The summed E-state index contributed by atoms with van der Waals surface area (Å²) in [7, 11) is 0. The highest BCUT2D eigenvalue weighted by Gasteiger charge is 2.22. The average molecular weight is 235 g/mol. The van der Waals surface area contributed by atoms with Crippen LogP contribution in [0.3, 0.4) is 0 Å².